The Morgan fingerprint density at radius 1 is 1.42 bits per heavy atom. The summed E-state index contributed by atoms with van der Waals surface area (Å²) in [5, 5.41) is 11.5. The van der Waals surface area contributed by atoms with Crippen molar-refractivity contribution in [2.75, 3.05) is 13.2 Å². The summed E-state index contributed by atoms with van der Waals surface area (Å²) >= 11 is 0. The highest BCUT2D eigenvalue weighted by atomic mass is 16.5. The van der Waals surface area contributed by atoms with Crippen molar-refractivity contribution in [2.24, 2.45) is 5.92 Å². The standard InChI is InChI=1S/C14H25NO4/c1-11(14(17)18)5-4-9-15-13(16)8-7-12-6-2-3-10-19-12/h11-12H,2-10H2,1H3,(H,15,16)(H,17,18). The average Bonchev–Trinajstić information content (AvgIpc) is 2.42. The zero-order valence-electron chi connectivity index (χ0n) is 11.7. The molecule has 19 heavy (non-hydrogen) atoms. The molecule has 0 spiro atoms. The van der Waals surface area contributed by atoms with Crippen molar-refractivity contribution in [1.29, 1.82) is 0 Å². The number of hydrogen-bond donors (Lipinski definition) is 2. The molecule has 1 heterocycles. The van der Waals surface area contributed by atoms with E-state index >= 15 is 0 Å². The smallest absolute Gasteiger partial charge is 0.306 e. The van der Waals surface area contributed by atoms with Crippen LogP contribution >= 0.6 is 0 Å². The molecule has 1 aliphatic heterocycles. The number of nitrogens with one attached hydrogen (secondary N) is 1. The van der Waals surface area contributed by atoms with Gasteiger partial charge in [-0.25, -0.2) is 0 Å². The maximum Gasteiger partial charge on any atom is 0.306 e. The fourth-order valence-corrected chi connectivity index (χ4v) is 2.18. The topological polar surface area (TPSA) is 75.6 Å². The van der Waals surface area contributed by atoms with Crippen LogP contribution in [0.25, 0.3) is 0 Å². The third kappa shape index (κ3) is 7.15. The molecule has 0 bridgehead atoms. The lowest BCUT2D eigenvalue weighted by Gasteiger charge is -2.22. The van der Waals surface area contributed by atoms with Gasteiger partial charge in [0, 0.05) is 19.6 Å². The SMILES string of the molecule is CC(CCCNC(=O)CCC1CCCCO1)C(=O)O. The molecule has 1 amide bonds. The number of carbonyl (C=O) groups excluding carboxylic acids is 1. The first-order chi connectivity index (χ1) is 9.09. The number of carboxylic acid groups (broad SMARTS) is 1. The summed E-state index contributed by atoms with van der Waals surface area (Å²) in [6.07, 6.45) is 6.22. The lowest BCUT2D eigenvalue weighted by molar-refractivity contribution is -0.141. The predicted molar refractivity (Wildman–Crippen MR) is 71.9 cm³/mol. The molecule has 1 saturated heterocycles. The highest BCUT2D eigenvalue weighted by molar-refractivity contribution is 5.75. The molecule has 5 heteroatoms. The van der Waals surface area contributed by atoms with E-state index < -0.39 is 5.97 Å². The van der Waals surface area contributed by atoms with Crippen molar-refractivity contribution in [3.8, 4) is 0 Å². The summed E-state index contributed by atoms with van der Waals surface area (Å²) in [5.74, 6) is -1.08. The van der Waals surface area contributed by atoms with Crippen molar-refractivity contribution in [3.05, 3.63) is 0 Å². The Hall–Kier alpha value is -1.10. The fourth-order valence-electron chi connectivity index (χ4n) is 2.18. The van der Waals surface area contributed by atoms with Crippen molar-refractivity contribution < 1.29 is 19.4 Å². The highest BCUT2D eigenvalue weighted by Crippen LogP contribution is 2.16. The summed E-state index contributed by atoms with van der Waals surface area (Å²) in [5.41, 5.74) is 0. The minimum atomic E-state index is -0.777. The number of carbonyl (C=O) groups is 2. The molecular weight excluding hydrogens is 246 g/mol. The van der Waals surface area contributed by atoms with Gasteiger partial charge < -0.3 is 15.2 Å². The molecule has 1 fully saturated rings. The Labute approximate surface area is 114 Å². The van der Waals surface area contributed by atoms with Crippen LogP contribution in [0.3, 0.4) is 0 Å². The van der Waals surface area contributed by atoms with Crippen molar-refractivity contribution >= 4 is 11.9 Å². The summed E-state index contributed by atoms with van der Waals surface area (Å²) in [6, 6.07) is 0. The van der Waals surface area contributed by atoms with Crippen molar-refractivity contribution in [1.82, 2.24) is 5.32 Å². The van der Waals surface area contributed by atoms with Gasteiger partial charge in [0.1, 0.15) is 0 Å². The molecule has 110 valence electrons. The maximum atomic E-state index is 11.6. The summed E-state index contributed by atoms with van der Waals surface area (Å²) < 4.78 is 5.57. The lowest BCUT2D eigenvalue weighted by atomic mass is 10.0. The average molecular weight is 271 g/mol. The number of rotatable bonds is 8. The van der Waals surface area contributed by atoms with Crippen LogP contribution in [0.5, 0.6) is 0 Å². The monoisotopic (exact) mass is 271 g/mol. The van der Waals surface area contributed by atoms with Crippen LogP contribution in [-0.2, 0) is 14.3 Å². The second-order valence-electron chi connectivity index (χ2n) is 5.26. The van der Waals surface area contributed by atoms with E-state index in [-0.39, 0.29) is 17.9 Å². The molecule has 0 aromatic heterocycles. The molecule has 0 aromatic rings. The van der Waals surface area contributed by atoms with Crippen LogP contribution in [0.4, 0.5) is 0 Å². The van der Waals surface area contributed by atoms with Gasteiger partial charge in [0.05, 0.1) is 12.0 Å². The van der Waals surface area contributed by atoms with Gasteiger partial charge in [0.25, 0.3) is 0 Å². The quantitative estimate of drug-likeness (QED) is 0.662. The van der Waals surface area contributed by atoms with E-state index in [9.17, 15) is 9.59 Å². The number of aliphatic carboxylic acids is 1. The minimum absolute atomic E-state index is 0.0390. The van der Waals surface area contributed by atoms with E-state index in [1.54, 1.807) is 6.92 Å². The molecule has 1 rings (SSSR count). The second kappa shape index (κ2) is 8.91. The summed E-state index contributed by atoms with van der Waals surface area (Å²) in [4.78, 5) is 22.2. The first-order valence-corrected chi connectivity index (χ1v) is 7.20. The van der Waals surface area contributed by atoms with Gasteiger partial charge >= 0.3 is 5.97 Å². The minimum Gasteiger partial charge on any atom is -0.481 e. The number of amides is 1. The van der Waals surface area contributed by atoms with Gasteiger partial charge in [0.2, 0.25) is 5.91 Å². The van der Waals surface area contributed by atoms with Gasteiger partial charge in [-0.15, -0.1) is 0 Å². The van der Waals surface area contributed by atoms with E-state index in [1.165, 1.54) is 6.42 Å². The molecule has 2 N–H and O–H groups in total. The van der Waals surface area contributed by atoms with Gasteiger partial charge in [-0.1, -0.05) is 6.92 Å². The van der Waals surface area contributed by atoms with Gasteiger partial charge in [-0.05, 0) is 38.5 Å². The molecule has 2 atom stereocenters. The lowest BCUT2D eigenvalue weighted by Crippen LogP contribution is -2.27. The Bertz CT molecular complexity index is 287. The summed E-state index contributed by atoms with van der Waals surface area (Å²) in [7, 11) is 0. The first kappa shape index (κ1) is 16.0. The largest absolute Gasteiger partial charge is 0.481 e. The summed E-state index contributed by atoms with van der Waals surface area (Å²) in [6.45, 7) is 3.06. The zero-order chi connectivity index (χ0) is 14.1. The molecule has 2 unspecified atom stereocenters. The Balaban J connectivity index is 2.00. The highest BCUT2D eigenvalue weighted by Gasteiger charge is 2.15. The molecule has 0 aliphatic carbocycles. The van der Waals surface area contributed by atoms with E-state index in [1.807, 2.05) is 0 Å². The van der Waals surface area contributed by atoms with Crippen LogP contribution in [0.15, 0.2) is 0 Å². The zero-order valence-corrected chi connectivity index (χ0v) is 11.7. The van der Waals surface area contributed by atoms with Crippen molar-refractivity contribution in [3.63, 3.8) is 0 Å². The van der Waals surface area contributed by atoms with E-state index in [2.05, 4.69) is 5.32 Å². The van der Waals surface area contributed by atoms with Crippen LogP contribution in [0.2, 0.25) is 0 Å². The third-order valence-electron chi connectivity index (χ3n) is 3.53. The molecule has 0 radical (unpaired) electrons. The van der Waals surface area contributed by atoms with Crippen LogP contribution in [0, 0.1) is 5.92 Å². The normalized spacial score (nSPS) is 20.8. The molecule has 0 saturated carbocycles. The van der Waals surface area contributed by atoms with Crippen LogP contribution in [0.1, 0.15) is 51.9 Å². The number of carboxylic acids is 1. The van der Waals surface area contributed by atoms with E-state index in [0.717, 1.165) is 25.9 Å². The van der Waals surface area contributed by atoms with Crippen molar-refractivity contribution in [2.45, 2.75) is 58.0 Å². The predicted octanol–water partition coefficient (Wildman–Crippen LogP) is 1.95. The second-order valence-corrected chi connectivity index (χ2v) is 5.26. The van der Waals surface area contributed by atoms with Gasteiger partial charge in [-0.2, -0.15) is 0 Å². The maximum absolute atomic E-state index is 11.6. The van der Waals surface area contributed by atoms with E-state index in [0.29, 0.717) is 25.8 Å². The molecule has 1 aliphatic rings. The van der Waals surface area contributed by atoms with Crippen LogP contribution in [-0.4, -0.2) is 36.2 Å². The molecule has 0 aromatic carbocycles. The van der Waals surface area contributed by atoms with Gasteiger partial charge in [-0.3, -0.25) is 9.59 Å². The van der Waals surface area contributed by atoms with Gasteiger partial charge in [0.15, 0.2) is 0 Å². The number of hydrogen-bond acceptors (Lipinski definition) is 3. The fraction of sp³-hybridized carbons (Fsp3) is 0.857. The Morgan fingerprint density at radius 2 is 2.21 bits per heavy atom. The molecule has 5 nitrogen and oxygen atoms in total. The Morgan fingerprint density at radius 3 is 2.84 bits per heavy atom. The first-order valence-electron chi connectivity index (χ1n) is 7.20. The molecular formula is C14H25NO4. The number of ether oxygens (including phenoxy) is 1. The third-order valence-corrected chi connectivity index (χ3v) is 3.53. The van der Waals surface area contributed by atoms with Crippen LogP contribution < -0.4 is 5.32 Å². The Kier molecular flexibility index (Phi) is 7.48. The van der Waals surface area contributed by atoms with E-state index in [4.69, 9.17) is 9.84 Å².